The van der Waals surface area contributed by atoms with Crippen LogP contribution < -0.4 is 5.32 Å². The standard InChI is InChI=1S/C11H19NO4/c1-8(2)7-9(11(14)16-4)12-6-5-10(13)15-3/h5-6,8-9,12H,7H2,1-4H3/b6-5+. The molecule has 0 fully saturated rings. The molecule has 0 bridgehead atoms. The zero-order chi connectivity index (χ0) is 12.6. The number of ether oxygens (including phenoxy) is 2. The van der Waals surface area contributed by atoms with Crippen LogP contribution in [0, 0.1) is 5.92 Å². The molecule has 0 saturated carbocycles. The summed E-state index contributed by atoms with van der Waals surface area (Å²) >= 11 is 0. The normalized spacial score (nSPS) is 12.6. The molecule has 16 heavy (non-hydrogen) atoms. The third-order valence-corrected chi connectivity index (χ3v) is 1.91. The van der Waals surface area contributed by atoms with Crippen molar-refractivity contribution >= 4 is 11.9 Å². The Morgan fingerprint density at radius 1 is 1.25 bits per heavy atom. The summed E-state index contributed by atoms with van der Waals surface area (Å²) < 4.78 is 9.06. The van der Waals surface area contributed by atoms with Gasteiger partial charge in [-0.3, -0.25) is 0 Å². The smallest absolute Gasteiger partial charge is 0.331 e. The van der Waals surface area contributed by atoms with Gasteiger partial charge < -0.3 is 14.8 Å². The minimum Gasteiger partial charge on any atom is -0.467 e. The van der Waals surface area contributed by atoms with Crippen molar-refractivity contribution in [3.05, 3.63) is 12.3 Å². The van der Waals surface area contributed by atoms with Crippen molar-refractivity contribution in [2.75, 3.05) is 14.2 Å². The van der Waals surface area contributed by atoms with Crippen molar-refractivity contribution in [1.29, 1.82) is 0 Å². The molecular formula is C11H19NO4. The van der Waals surface area contributed by atoms with Gasteiger partial charge in [-0.2, -0.15) is 0 Å². The molecule has 0 saturated heterocycles. The Kier molecular flexibility index (Phi) is 7.00. The first kappa shape index (κ1) is 14.5. The Balaban J connectivity index is 4.26. The lowest BCUT2D eigenvalue weighted by Crippen LogP contribution is -2.35. The fourth-order valence-electron chi connectivity index (χ4n) is 1.15. The highest BCUT2D eigenvalue weighted by Gasteiger charge is 2.18. The van der Waals surface area contributed by atoms with Gasteiger partial charge in [-0.1, -0.05) is 13.8 Å². The molecule has 0 aliphatic heterocycles. The molecule has 0 spiro atoms. The zero-order valence-electron chi connectivity index (χ0n) is 10.1. The number of hydrogen-bond acceptors (Lipinski definition) is 5. The maximum atomic E-state index is 11.4. The van der Waals surface area contributed by atoms with Gasteiger partial charge in [-0.05, 0) is 12.3 Å². The molecule has 0 radical (unpaired) electrons. The highest BCUT2D eigenvalue weighted by Crippen LogP contribution is 2.06. The fraction of sp³-hybridized carbons (Fsp3) is 0.636. The van der Waals surface area contributed by atoms with E-state index in [1.165, 1.54) is 26.5 Å². The number of rotatable bonds is 6. The second kappa shape index (κ2) is 7.73. The van der Waals surface area contributed by atoms with E-state index in [9.17, 15) is 9.59 Å². The van der Waals surface area contributed by atoms with Crippen LogP contribution in [0.25, 0.3) is 0 Å². The second-order valence-electron chi connectivity index (χ2n) is 3.73. The topological polar surface area (TPSA) is 64.6 Å². The molecule has 0 heterocycles. The minimum absolute atomic E-state index is 0.344. The number of hydrogen-bond donors (Lipinski definition) is 1. The molecule has 0 aromatic carbocycles. The Morgan fingerprint density at radius 2 is 1.88 bits per heavy atom. The SMILES string of the molecule is COC(=O)/C=C/NC(CC(C)C)C(=O)OC. The molecule has 1 atom stereocenters. The summed E-state index contributed by atoms with van der Waals surface area (Å²) in [6.45, 7) is 4.00. The zero-order valence-corrected chi connectivity index (χ0v) is 10.1. The lowest BCUT2D eigenvalue weighted by atomic mass is 10.0. The molecule has 92 valence electrons. The predicted molar refractivity (Wildman–Crippen MR) is 59.6 cm³/mol. The average molecular weight is 229 g/mol. The van der Waals surface area contributed by atoms with Gasteiger partial charge in [0.15, 0.2) is 0 Å². The van der Waals surface area contributed by atoms with Crippen LogP contribution in [0.15, 0.2) is 12.3 Å². The summed E-state index contributed by atoms with van der Waals surface area (Å²) in [4.78, 5) is 22.1. The minimum atomic E-state index is -0.472. The number of methoxy groups -OCH3 is 2. The summed E-state index contributed by atoms with van der Waals surface area (Å²) in [5.41, 5.74) is 0. The van der Waals surface area contributed by atoms with Gasteiger partial charge in [0.25, 0.3) is 0 Å². The predicted octanol–water partition coefficient (Wildman–Crippen LogP) is 0.850. The summed E-state index contributed by atoms with van der Waals surface area (Å²) in [6, 6.07) is -0.439. The quantitative estimate of drug-likeness (QED) is 0.540. The van der Waals surface area contributed by atoms with Gasteiger partial charge in [-0.15, -0.1) is 0 Å². The Morgan fingerprint density at radius 3 is 2.31 bits per heavy atom. The third-order valence-electron chi connectivity index (χ3n) is 1.91. The molecule has 5 nitrogen and oxygen atoms in total. The Bertz CT molecular complexity index is 261. The third kappa shape index (κ3) is 6.06. The number of carbonyl (C=O) groups excluding carboxylic acids is 2. The van der Waals surface area contributed by atoms with Crippen molar-refractivity contribution in [2.45, 2.75) is 26.3 Å². The van der Waals surface area contributed by atoms with E-state index in [1.807, 2.05) is 13.8 Å². The van der Waals surface area contributed by atoms with Crippen LogP contribution >= 0.6 is 0 Å². The first-order chi connectivity index (χ1) is 7.51. The maximum absolute atomic E-state index is 11.4. The molecule has 0 aromatic heterocycles. The lowest BCUT2D eigenvalue weighted by Gasteiger charge is -2.16. The molecule has 1 N–H and O–H groups in total. The van der Waals surface area contributed by atoms with Crippen molar-refractivity contribution in [1.82, 2.24) is 5.32 Å². The van der Waals surface area contributed by atoms with Crippen LogP contribution in [0.5, 0.6) is 0 Å². The molecular weight excluding hydrogens is 210 g/mol. The first-order valence-electron chi connectivity index (χ1n) is 5.09. The van der Waals surface area contributed by atoms with Crippen LogP contribution in [-0.2, 0) is 19.1 Å². The summed E-state index contributed by atoms with van der Waals surface area (Å²) in [5.74, 6) is -0.466. The van der Waals surface area contributed by atoms with Crippen LogP contribution in [0.4, 0.5) is 0 Å². The highest BCUT2D eigenvalue weighted by atomic mass is 16.5. The second-order valence-corrected chi connectivity index (χ2v) is 3.73. The Hall–Kier alpha value is -1.52. The van der Waals surface area contributed by atoms with Crippen LogP contribution in [0.3, 0.4) is 0 Å². The number of nitrogens with one attached hydrogen (secondary N) is 1. The first-order valence-corrected chi connectivity index (χ1v) is 5.09. The van der Waals surface area contributed by atoms with E-state index in [4.69, 9.17) is 0 Å². The fourth-order valence-corrected chi connectivity index (χ4v) is 1.15. The van der Waals surface area contributed by atoms with Gasteiger partial charge in [0.1, 0.15) is 6.04 Å². The van der Waals surface area contributed by atoms with E-state index in [2.05, 4.69) is 14.8 Å². The number of carbonyl (C=O) groups is 2. The largest absolute Gasteiger partial charge is 0.467 e. The molecule has 0 aliphatic rings. The van der Waals surface area contributed by atoms with Gasteiger partial charge >= 0.3 is 11.9 Å². The lowest BCUT2D eigenvalue weighted by molar-refractivity contribution is -0.143. The monoisotopic (exact) mass is 229 g/mol. The van der Waals surface area contributed by atoms with E-state index < -0.39 is 12.0 Å². The van der Waals surface area contributed by atoms with E-state index in [0.717, 1.165) is 0 Å². The van der Waals surface area contributed by atoms with Crippen molar-refractivity contribution < 1.29 is 19.1 Å². The van der Waals surface area contributed by atoms with E-state index in [-0.39, 0.29) is 5.97 Å². The molecule has 0 amide bonds. The van der Waals surface area contributed by atoms with Crippen LogP contribution in [0.1, 0.15) is 20.3 Å². The molecule has 5 heteroatoms. The molecule has 1 unspecified atom stereocenters. The van der Waals surface area contributed by atoms with E-state index in [1.54, 1.807) is 0 Å². The highest BCUT2D eigenvalue weighted by molar-refractivity contribution is 5.82. The van der Waals surface area contributed by atoms with E-state index >= 15 is 0 Å². The van der Waals surface area contributed by atoms with Crippen LogP contribution in [-0.4, -0.2) is 32.2 Å². The van der Waals surface area contributed by atoms with Gasteiger partial charge in [0.05, 0.1) is 14.2 Å². The molecule has 0 rings (SSSR count). The maximum Gasteiger partial charge on any atom is 0.331 e. The van der Waals surface area contributed by atoms with Crippen molar-refractivity contribution in [3.8, 4) is 0 Å². The summed E-state index contributed by atoms with van der Waals surface area (Å²) in [5, 5.41) is 2.81. The van der Waals surface area contributed by atoms with Gasteiger partial charge in [0, 0.05) is 12.3 Å². The van der Waals surface area contributed by atoms with Gasteiger partial charge in [0.2, 0.25) is 0 Å². The van der Waals surface area contributed by atoms with Crippen molar-refractivity contribution in [2.24, 2.45) is 5.92 Å². The average Bonchev–Trinajstić information content (AvgIpc) is 2.25. The summed E-state index contributed by atoms with van der Waals surface area (Å²) in [6.07, 6.45) is 3.25. The van der Waals surface area contributed by atoms with Crippen molar-refractivity contribution in [3.63, 3.8) is 0 Å². The van der Waals surface area contributed by atoms with Crippen LogP contribution in [0.2, 0.25) is 0 Å². The van der Waals surface area contributed by atoms with Gasteiger partial charge in [-0.25, -0.2) is 9.59 Å². The molecule has 0 aliphatic carbocycles. The Labute approximate surface area is 95.8 Å². The summed E-state index contributed by atoms with van der Waals surface area (Å²) in [7, 11) is 2.62. The van der Waals surface area contributed by atoms with E-state index in [0.29, 0.717) is 12.3 Å². The number of esters is 2. The molecule has 0 aromatic rings.